The van der Waals surface area contributed by atoms with E-state index in [0.29, 0.717) is 6.04 Å². The Kier molecular flexibility index (Phi) is 3.19. The summed E-state index contributed by atoms with van der Waals surface area (Å²) in [6.07, 6.45) is 7.20. The Morgan fingerprint density at radius 3 is 2.93 bits per heavy atom. The fraction of sp³-hybridized carbons (Fsp3) is 0.727. The maximum Gasteiger partial charge on any atom is 0.109 e. The van der Waals surface area contributed by atoms with E-state index in [1.54, 1.807) is 0 Å². The van der Waals surface area contributed by atoms with Crippen molar-refractivity contribution in [3.63, 3.8) is 0 Å². The number of nitrogens with zero attached hydrogens (tertiary/aromatic N) is 1. The van der Waals surface area contributed by atoms with Gasteiger partial charge in [0.15, 0.2) is 0 Å². The lowest BCUT2D eigenvalue weighted by atomic mass is 9.92. The van der Waals surface area contributed by atoms with E-state index in [0.717, 1.165) is 12.5 Å². The molecule has 0 aliphatic heterocycles. The molecule has 0 aromatic carbocycles. The highest BCUT2D eigenvalue weighted by Gasteiger charge is 2.20. The van der Waals surface area contributed by atoms with E-state index < -0.39 is 0 Å². The molecule has 0 bridgehead atoms. The quantitative estimate of drug-likeness (QED) is 0.826. The van der Waals surface area contributed by atoms with Crippen molar-refractivity contribution in [3.8, 4) is 0 Å². The van der Waals surface area contributed by atoms with Crippen molar-refractivity contribution in [1.29, 1.82) is 0 Å². The molecule has 0 amide bonds. The summed E-state index contributed by atoms with van der Waals surface area (Å²) in [4.78, 5) is 5.85. The van der Waals surface area contributed by atoms with Crippen LogP contribution in [0.3, 0.4) is 0 Å². The monoisotopic (exact) mass is 210 g/mol. The molecule has 1 aliphatic rings. The number of hydrogen-bond donors (Lipinski definition) is 1. The van der Waals surface area contributed by atoms with E-state index in [2.05, 4.69) is 24.1 Å². The SMILES string of the molecule is CCc1cnc(C(C)NC2CCC2)s1. The van der Waals surface area contributed by atoms with Crippen LogP contribution in [0, 0.1) is 0 Å². The molecule has 1 heterocycles. The van der Waals surface area contributed by atoms with Crippen molar-refractivity contribution in [2.75, 3.05) is 0 Å². The second kappa shape index (κ2) is 4.41. The number of nitrogens with one attached hydrogen (secondary N) is 1. The van der Waals surface area contributed by atoms with Gasteiger partial charge in [-0.3, -0.25) is 0 Å². The van der Waals surface area contributed by atoms with Crippen molar-refractivity contribution in [1.82, 2.24) is 10.3 Å². The third kappa shape index (κ3) is 2.15. The number of aromatic nitrogens is 1. The van der Waals surface area contributed by atoms with Gasteiger partial charge in [0.1, 0.15) is 5.01 Å². The third-order valence-electron chi connectivity index (χ3n) is 2.88. The number of hydrogen-bond acceptors (Lipinski definition) is 3. The van der Waals surface area contributed by atoms with Crippen molar-refractivity contribution in [2.45, 2.75) is 51.6 Å². The fourth-order valence-corrected chi connectivity index (χ4v) is 2.55. The van der Waals surface area contributed by atoms with Crippen LogP contribution in [-0.2, 0) is 6.42 Å². The van der Waals surface area contributed by atoms with Crippen LogP contribution in [0.25, 0.3) is 0 Å². The van der Waals surface area contributed by atoms with Gasteiger partial charge in [-0.15, -0.1) is 11.3 Å². The molecule has 3 heteroatoms. The second-order valence-corrected chi connectivity index (χ2v) is 5.18. The molecule has 2 rings (SSSR count). The predicted octanol–water partition coefficient (Wildman–Crippen LogP) is 2.91. The van der Waals surface area contributed by atoms with Crippen LogP contribution in [0.2, 0.25) is 0 Å². The average molecular weight is 210 g/mol. The molecule has 1 N–H and O–H groups in total. The number of aryl methyl sites for hydroxylation is 1. The van der Waals surface area contributed by atoms with E-state index in [9.17, 15) is 0 Å². The molecular weight excluding hydrogens is 192 g/mol. The van der Waals surface area contributed by atoms with Crippen LogP contribution in [0.5, 0.6) is 0 Å². The van der Waals surface area contributed by atoms with Gasteiger partial charge in [0.05, 0.1) is 6.04 Å². The Morgan fingerprint density at radius 2 is 2.43 bits per heavy atom. The summed E-state index contributed by atoms with van der Waals surface area (Å²) in [6.45, 7) is 4.40. The standard InChI is InChI=1S/C11H18N2S/c1-3-10-7-12-11(14-10)8(2)13-9-5-4-6-9/h7-9,13H,3-6H2,1-2H3. The highest BCUT2D eigenvalue weighted by molar-refractivity contribution is 7.11. The second-order valence-electron chi connectivity index (χ2n) is 4.03. The Morgan fingerprint density at radius 1 is 1.64 bits per heavy atom. The molecule has 2 nitrogen and oxygen atoms in total. The van der Waals surface area contributed by atoms with Crippen molar-refractivity contribution in [3.05, 3.63) is 16.1 Å². The van der Waals surface area contributed by atoms with E-state index in [-0.39, 0.29) is 0 Å². The van der Waals surface area contributed by atoms with Crippen LogP contribution in [-0.4, -0.2) is 11.0 Å². The number of rotatable bonds is 4. The van der Waals surface area contributed by atoms with Crippen molar-refractivity contribution in [2.24, 2.45) is 0 Å². The van der Waals surface area contributed by atoms with Gasteiger partial charge < -0.3 is 5.32 Å². The summed E-state index contributed by atoms with van der Waals surface area (Å²) in [6, 6.07) is 1.18. The molecule has 1 aliphatic carbocycles. The zero-order valence-electron chi connectivity index (χ0n) is 8.92. The molecule has 1 aromatic heterocycles. The molecule has 0 saturated heterocycles. The molecule has 1 unspecified atom stereocenters. The Hall–Kier alpha value is -0.410. The summed E-state index contributed by atoms with van der Waals surface area (Å²) in [5, 5.41) is 4.86. The van der Waals surface area contributed by atoms with Crippen LogP contribution >= 0.6 is 11.3 Å². The fourth-order valence-electron chi connectivity index (χ4n) is 1.69. The first-order chi connectivity index (χ1) is 6.79. The Balaban J connectivity index is 1.92. The molecule has 1 fully saturated rings. The zero-order chi connectivity index (χ0) is 9.97. The summed E-state index contributed by atoms with van der Waals surface area (Å²) < 4.78 is 0. The Bertz CT molecular complexity index is 291. The Labute approximate surface area is 89.8 Å². The van der Waals surface area contributed by atoms with E-state index in [4.69, 9.17) is 0 Å². The minimum atomic E-state index is 0.436. The van der Waals surface area contributed by atoms with Gasteiger partial charge in [0.2, 0.25) is 0 Å². The summed E-state index contributed by atoms with van der Waals surface area (Å²) >= 11 is 1.84. The first kappa shape index (κ1) is 10.1. The van der Waals surface area contributed by atoms with Crippen LogP contribution < -0.4 is 5.32 Å². The summed E-state index contributed by atoms with van der Waals surface area (Å²) in [5.74, 6) is 0. The lowest BCUT2D eigenvalue weighted by Crippen LogP contribution is -2.36. The minimum Gasteiger partial charge on any atom is -0.305 e. The van der Waals surface area contributed by atoms with Gasteiger partial charge in [0, 0.05) is 17.1 Å². The molecular formula is C11H18N2S. The third-order valence-corrected chi connectivity index (χ3v) is 4.21. The molecule has 14 heavy (non-hydrogen) atoms. The van der Waals surface area contributed by atoms with Crippen LogP contribution in [0.15, 0.2) is 6.20 Å². The molecule has 78 valence electrons. The van der Waals surface area contributed by atoms with Crippen LogP contribution in [0.1, 0.15) is 49.0 Å². The average Bonchev–Trinajstić information content (AvgIpc) is 2.59. The lowest BCUT2D eigenvalue weighted by Gasteiger charge is -2.29. The first-order valence-electron chi connectivity index (χ1n) is 5.50. The van der Waals surface area contributed by atoms with E-state index in [1.807, 2.05) is 17.5 Å². The molecule has 1 saturated carbocycles. The molecule has 1 atom stereocenters. The zero-order valence-corrected chi connectivity index (χ0v) is 9.73. The minimum absolute atomic E-state index is 0.436. The molecule has 0 radical (unpaired) electrons. The summed E-state index contributed by atoms with van der Waals surface area (Å²) in [7, 11) is 0. The largest absolute Gasteiger partial charge is 0.305 e. The highest BCUT2D eigenvalue weighted by atomic mass is 32.1. The molecule has 0 spiro atoms. The lowest BCUT2D eigenvalue weighted by molar-refractivity contribution is 0.313. The van der Waals surface area contributed by atoms with Gasteiger partial charge in [0.25, 0.3) is 0 Å². The molecule has 1 aromatic rings. The maximum absolute atomic E-state index is 4.45. The van der Waals surface area contributed by atoms with Gasteiger partial charge in [-0.25, -0.2) is 4.98 Å². The van der Waals surface area contributed by atoms with Gasteiger partial charge in [-0.1, -0.05) is 13.3 Å². The highest BCUT2D eigenvalue weighted by Crippen LogP contribution is 2.25. The number of thiazole rings is 1. The first-order valence-corrected chi connectivity index (χ1v) is 6.32. The summed E-state index contributed by atoms with van der Waals surface area (Å²) in [5.41, 5.74) is 0. The van der Waals surface area contributed by atoms with Crippen LogP contribution in [0.4, 0.5) is 0 Å². The van der Waals surface area contributed by atoms with E-state index in [1.165, 1.54) is 29.1 Å². The maximum atomic E-state index is 4.45. The smallest absolute Gasteiger partial charge is 0.109 e. The van der Waals surface area contributed by atoms with Gasteiger partial charge in [-0.2, -0.15) is 0 Å². The van der Waals surface area contributed by atoms with Crippen molar-refractivity contribution < 1.29 is 0 Å². The topological polar surface area (TPSA) is 24.9 Å². The van der Waals surface area contributed by atoms with E-state index >= 15 is 0 Å². The van der Waals surface area contributed by atoms with Gasteiger partial charge >= 0.3 is 0 Å². The predicted molar refractivity (Wildman–Crippen MR) is 60.7 cm³/mol. The van der Waals surface area contributed by atoms with Crippen molar-refractivity contribution >= 4 is 11.3 Å². The normalized spacial score (nSPS) is 19.3. The van der Waals surface area contributed by atoms with Gasteiger partial charge in [-0.05, 0) is 26.2 Å².